The molecule has 4 rings (SSSR count). The number of aliphatic hydroxyl groups is 2. The number of ether oxygens (including phenoxy) is 4. The summed E-state index contributed by atoms with van der Waals surface area (Å²) in [5, 5.41) is 20.9. The molecule has 11 heteroatoms. The normalized spacial score (nSPS) is 23.5. The molecule has 0 aliphatic carbocycles. The second-order valence-corrected chi connectivity index (χ2v) is 6.58. The fourth-order valence-corrected chi connectivity index (χ4v) is 3.23. The fraction of sp³-hybridized carbons (Fsp3) is 0.368. The third-order valence-electron chi connectivity index (χ3n) is 4.83. The molecule has 3 heterocycles. The molecule has 0 amide bonds. The van der Waals surface area contributed by atoms with Gasteiger partial charge in [-0.2, -0.15) is 4.98 Å². The quantitative estimate of drug-likeness (QED) is 0.540. The molecule has 0 unspecified atom stereocenters. The summed E-state index contributed by atoms with van der Waals surface area (Å²) in [6.45, 7) is -0.246. The average Bonchev–Trinajstić information content (AvgIpc) is 3.33. The van der Waals surface area contributed by atoms with Gasteiger partial charge in [0, 0.05) is 0 Å². The lowest BCUT2D eigenvalue weighted by Crippen LogP contribution is -2.34. The molecule has 0 bridgehead atoms. The van der Waals surface area contributed by atoms with Crippen molar-refractivity contribution in [3.8, 4) is 11.6 Å². The second kappa shape index (κ2) is 8.22. The summed E-state index contributed by atoms with van der Waals surface area (Å²) in [4.78, 5) is 24.6. The predicted octanol–water partition coefficient (Wildman–Crippen LogP) is 0.320. The zero-order valence-electron chi connectivity index (χ0n) is 16.2. The smallest absolute Gasteiger partial charge is 0.338 e. The number of benzene rings is 1. The van der Waals surface area contributed by atoms with Crippen molar-refractivity contribution in [1.82, 2.24) is 19.5 Å². The van der Waals surface area contributed by atoms with E-state index in [0.717, 1.165) is 0 Å². The predicted molar refractivity (Wildman–Crippen MR) is 101 cm³/mol. The number of carbonyl (C=O) groups is 1. The number of nitrogens with zero attached hydrogens (tertiary/aromatic N) is 4. The van der Waals surface area contributed by atoms with E-state index in [1.54, 1.807) is 24.3 Å². The van der Waals surface area contributed by atoms with Gasteiger partial charge in [-0.05, 0) is 24.3 Å². The van der Waals surface area contributed by atoms with Gasteiger partial charge < -0.3 is 29.2 Å². The Morgan fingerprint density at radius 1 is 1.10 bits per heavy atom. The Morgan fingerprint density at radius 2 is 1.87 bits per heavy atom. The van der Waals surface area contributed by atoms with E-state index in [1.165, 1.54) is 31.4 Å². The molecule has 1 saturated heterocycles. The third-order valence-corrected chi connectivity index (χ3v) is 4.83. The maximum Gasteiger partial charge on any atom is 0.338 e. The van der Waals surface area contributed by atoms with E-state index in [1.807, 2.05) is 0 Å². The molecule has 1 aromatic carbocycles. The topological polar surface area (TPSA) is 138 Å². The van der Waals surface area contributed by atoms with E-state index >= 15 is 0 Å². The van der Waals surface area contributed by atoms with Crippen LogP contribution in [0.25, 0.3) is 11.2 Å². The first kappa shape index (κ1) is 20.0. The Hall–Kier alpha value is -3.28. The van der Waals surface area contributed by atoms with Gasteiger partial charge in [0.2, 0.25) is 5.88 Å². The van der Waals surface area contributed by atoms with Gasteiger partial charge in [0.15, 0.2) is 17.4 Å². The molecule has 1 aliphatic heterocycles. The first-order valence-corrected chi connectivity index (χ1v) is 9.07. The maximum absolute atomic E-state index is 12.2. The van der Waals surface area contributed by atoms with E-state index in [-0.39, 0.29) is 12.5 Å². The number of imidazole rings is 1. The molecule has 2 aromatic heterocycles. The van der Waals surface area contributed by atoms with Crippen molar-refractivity contribution in [3.05, 3.63) is 42.5 Å². The molecular formula is C19H20N4O7. The summed E-state index contributed by atoms with van der Waals surface area (Å²) < 4.78 is 22.7. The highest BCUT2D eigenvalue weighted by Gasteiger charge is 2.45. The van der Waals surface area contributed by atoms with Crippen LogP contribution in [0.2, 0.25) is 0 Å². The van der Waals surface area contributed by atoms with Crippen molar-refractivity contribution in [1.29, 1.82) is 0 Å². The molecule has 158 valence electrons. The molecule has 0 spiro atoms. The van der Waals surface area contributed by atoms with E-state index in [2.05, 4.69) is 15.0 Å². The van der Waals surface area contributed by atoms with Gasteiger partial charge in [-0.25, -0.2) is 14.8 Å². The monoisotopic (exact) mass is 416 g/mol. The lowest BCUT2D eigenvalue weighted by atomic mass is 10.1. The molecule has 0 saturated carbocycles. The number of aliphatic hydroxyl groups excluding tert-OH is 2. The molecular weight excluding hydrogens is 396 g/mol. The second-order valence-electron chi connectivity index (χ2n) is 6.58. The Balaban J connectivity index is 1.46. The van der Waals surface area contributed by atoms with Crippen LogP contribution < -0.4 is 9.47 Å². The van der Waals surface area contributed by atoms with Crippen LogP contribution in [0.15, 0.2) is 36.9 Å². The first-order chi connectivity index (χ1) is 14.5. The third kappa shape index (κ3) is 3.54. The Labute approximate surface area is 170 Å². The highest BCUT2D eigenvalue weighted by molar-refractivity contribution is 5.89. The van der Waals surface area contributed by atoms with Crippen molar-refractivity contribution in [2.75, 3.05) is 20.8 Å². The van der Waals surface area contributed by atoms with Gasteiger partial charge in [0.25, 0.3) is 0 Å². The average molecular weight is 416 g/mol. The maximum atomic E-state index is 12.2. The van der Waals surface area contributed by atoms with Crippen molar-refractivity contribution < 1.29 is 34.0 Å². The van der Waals surface area contributed by atoms with Crippen molar-refractivity contribution in [3.63, 3.8) is 0 Å². The molecule has 30 heavy (non-hydrogen) atoms. The van der Waals surface area contributed by atoms with Crippen molar-refractivity contribution in [2.24, 2.45) is 0 Å². The van der Waals surface area contributed by atoms with Gasteiger partial charge in [-0.1, -0.05) is 0 Å². The van der Waals surface area contributed by atoms with Crippen LogP contribution in [0.5, 0.6) is 11.6 Å². The van der Waals surface area contributed by atoms with Crippen LogP contribution in [-0.2, 0) is 9.47 Å². The molecule has 1 aliphatic rings. The van der Waals surface area contributed by atoms with Crippen LogP contribution in [0.1, 0.15) is 16.6 Å². The molecule has 2 N–H and O–H groups in total. The highest BCUT2D eigenvalue weighted by Crippen LogP contribution is 2.32. The van der Waals surface area contributed by atoms with E-state index < -0.39 is 30.5 Å². The first-order valence-electron chi connectivity index (χ1n) is 9.07. The molecule has 1 fully saturated rings. The Bertz CT molecular complexity index is 1040. The number of hydrogen-bond donors (Lipinski definition) is 2. The Kier molecular flexibility index (Phi) is 5.48. The summed E-state index contributed by atoms with van der Waals surface area (Å²) in [5.41, 5.74) is 1.08. The fourth-order valence-electron chi connectivity index (χ4n) is 3.23. The van der Waals surface area contributed by atoms with E-state index in [4.69, 9.17) is 18.9 Å². The minimum atomic E-state index is -1.28. The van der Waals surface area contributed by atoms with Gasteiger partial charge in [0.05, 0.1) is 26.1 Å². The summed E-state index contributed by atoms with van der Waals surface area (Å²) in [5.74, 6) is 0.300. The number of hydrogen-bond acceptors (Lipinski definition) is 10. The summed E-state index contributed by atoms with van der Waals surface area (Å²) in [7, 11) is 2.98. The SMILES string of the molecule is COc1ccc(C(=O)OC[C@H]2O[C@@H](n3cnc4c(OC)ncnc43)[C@@H](O)[C@@H]2O)cc1. The number of rotatable bonds is 6. The summed E-state index contributed by atoms with van der Waals surface area (Å²) in [6, 6.07) is 6.40. The molecule has 11 nitrogen and oxygen atoms in total. The van der Waals surface area contributed by atoms with Crippen LogP contribution in [0.4, 0.5) is 0 Å². The number of methoxy groups -OCH3 is 2. The van der Waals surface area contributed by atoms with Gasteiger partial charge in [0.1, 0.15) is 37.0 Å². The molecule has 0 radical (unpaired) electrons. The zero-order valence-corrected chi connectivity index (χ0v) is 16.2. The van der Waals surface area contributed by atoms with Crippen molar-refractivity contribution in [2.45, 2.75) is 24.5 Å². The van der Waals surface area contributed by atoms with Crippen LogP contribution in [0.3, 0.4) is 0 Å². The summed E-state index contributed by atoms with van der Waals surface area (Å²) >= 11 is 0. The standard InChI is InChI=1S/C19H20N4O7/c1-27-11-5-3-10(4-6-11)19(26)29-7-12-14(24)15(25)18(30-12)23-9-22-13-16(23)20-8-21-17(13)28-2/h3-6,8-9,12,14-15,18,24-25H,7H2,1-2H3/t12-,14-,15+,18-/m1/s1. The van der Waals surface area contributed by atoms with Crippen LogP contribution in [0, 0.1) is 0 Å². The van der Waals surface area contributed by atoms with Crippen molar-refractivity contribution >= 4 is 17.1 Å². The number of aromatic nitrogens is 4. The number of esters is 1. The minimum absolute atomic E-state index is 0.246. The number of fused-ring (bicyclic) bond motifs is 1. The zero-order chi connectivity index (χ0) is 21.3. The lowest BCUT2D eigenvalue weighted by molar-refractivity contribution is -0.0565. The van der Waals surface area contributed by atoms with Gasteiger partial charge in [-0.3, -0.25) is 4.57 Å². The van der Waals surface area contributed by atoms with Crippen LogP contribution in [-0.4, -0.2) is 74.8 Å². The highest BCUT2D eigenvalue weighted by atomic mass is 16.6. The minimum Gasteiger partial charge on any atom is -0.497 e. The number of carbonyl (C=O) groups excluding carboxylic acids is 1. The molecule has 3 aromatic rings. The van der Waals surface area contributed by atoms with Gasteiger partial charge in [-0.15, -0.1) is 0 Å². The molecule has 4 atom stereocenters. The summed E-state index contributed by atoms with van der Waals surface area (Å²) in [6.07, 6.45) is -1.77. The largest absolute Gasteiger partial charge is 0.497 e. The lowest BCUT2D eigenvalue weighted by Gasteiger charge is -2.16. The Morgan fingerprint density at radius 3 is 2.57 bits per heavy atom. The van der Waals surface area contributed by atoms with Crippen LogP contribution >= 0.6 is 0 Å². The van der Waals surface area contributed by atoms with Gasteiger partial charge >= 0.3 is 5.97 Å². The van der Waals surface area contributed by atoms with E-state index in [9.17, 15) is 15.0 Å². The van der Waals surface area contributed by atoms with E-state index in [0.29, 0.717) is 22.5 Å².